The minimum atomic E-state index is -0.990. The van der Waals surface area contributed by atoms with Gasteiger partial charge in [-0.25, -0.2) is 14.4 Å². The van der Waals surface area contributed by atoms with Crippen molar-refractivity contribution in [2.75, 3.05) is 6.61 Å². The fourth-order valence-corrected chi connectivity index (χ4v) is 3.31. The van der Waals surface area contributed by atoms with Crippen LogP contribution in [0.4, 0.5) is 4.79 Å². The van der Waals surface area contributed by atoms with Crippen molar-refractivity contribution in [1.82, 2.24) is 10.6 Å². The van der Waals surface area contributed by atoms with Gasteiger partial charge < -0.3 is 14.5 Å². The average Bonchev–Trinajstić information content (AvgIpc) is 2.67. The van der Waals surface area contributed by atoms with Crippen molar-refractivity contribution in [2.24, 2.45) is 5.92 Å². The van der Waals surface area contributed by atoms with Crippen LogP contribution in [0.25, 0.3) is 11.0 Å². The molecule has 0 radical (unpaired) electrons. The monoisotopic (exact) mass is 386 g/mol. The zero-order valence-corrected chi connectivity index (χ0v) is 15.5. The minimum Gasteiger partial charge on any atom is -0.452 e. The highest BCUT2D eigenvalue weighted by Gasteiger charge is 2.24. The van der Waals surface area contributed by atoms with Crippen LogP contribution < -0.4 is 16.3 Å². The van der Waals surface area contributed by atoms with E-state index in [1.165, 1.54) is 6.07 Å². The smallest absolute Gasteiger partial charge is 0.351 e. The number of esters is 1. The van der Waals surface area contributed by atoms with Crippen molar-refractivity contribution < 1.29 is 23.5 Å². The lowest BCUT2D eigenvalue weighted by molar-refractivity contribution is -0.123. The van der Waals surface area contributed by atoms with Gasteiger partial charge in [0.2, 0.25) is 0 Å². The zero-order valence-electron chi connectivity index (χ0n) is 15.5. The third-order valence-electron chi connectivity index (χ3n) is 4.88. The number of ether oxygens (including phenoxy) is 1. The van der Waals surface area contributed by atoms with E-state index in [1.54, 1.807) is 24.3 Å². The Labute approximate surface area is 161 Å². The first-order chi connectivity index (χ1) is 13.4. The maximum absolute atomic E-state index is 12.1. The number of carbonyl (C=O) groups excluding carboxylic acids is 3. The van der Waals surface area contributed by atoms with E-state index < -0.39 is 30.1 Å². The van der Waals surface area contributed by atoms with Gasteiger partial charge in [0.1, 0.15) is 11.1 Å². The Kier molecular flexibility index (Phi) is 6.08. The topological polar surface area (TPSA) is 115 Å². The highest BCUT2D eigenvalue weighted by molar-refractivity contribution is 5.97. The standard InChI is InChI=1S/C20H22N2O6/c1-12-6-2-4-8-15(12)21-20(26)22-17(23)11-27-18(24)14-10-13-7-3-5-9-16(13)28-19(14)25/h3,5,7,9-10,12,15H,2,4,6,8,11H2,1H3,(H2,21,22,23,26)/t12-,15+/m1/s1. The molecule has 1 fully saturated rings. The number of urea groups is 1. The number of rotatable bonds is 4. The maximum Gasteiger partial charge on any atom is 0.351 e. The van der Waals surface area contributed by atoms with Gasteiger partial charge in [-0.05, 0) is 30.9 Å². The molecule has 0 saturated heterocycles. The van der Waals surface area contributed by atoms with Gasteiger partial charge in [0.25, 0.3) is 5.91 Å². The molecular weight excluding hydrogens is 364 g/mol. The second-order valence-corrected chi connectivity index (χ2v) is 6.95. The Bertz CT molecular complexity index is 951. The Morgan fingerprint density at radius 2 is 1.93 bits per heavy atom. The molecular formula is C20H22N2O6. The van der Waals surface area contributed by atoms with Crippen LogP contribution in [0.5, 0.6) is 0 Å². The summed E-state index contributed by atoms with van der Waals surface area (Å²) in [7, 11) is 0. The number of imide groups is 1. The van der Waals surface area contributed by atoms with Crippen molar-refractivity contribution >= 4 is 28.9 Å². The van der Waals surface area contributed by atoms with E-state index in [0.29, 0.717) is 16.9 Å². The molecule has 8 nitrogen and oxygen atoms in total. The highest BCUT2D eigenvalue weighted by Crippen LogP contribution is 2.23. The fraction of sp³-hybridized carbons (Fsp3) is 0.400. The largest absolute Gasteiger partial charge is 0.452 e. The lowest BCUT2D eigenvalue weighted by atomic mass is 9.86. The molecule has 0 aliphatic heterocycles. The van der Waals surface area contributed by atoms with E-state index >= 15 is 0 Å². The average molecular weight is 386 g/mol. The van der Waals surface area contributed by atoms with Crippen LogP contribution in [0.3, 0.4) is 0 Å². The van der Waals surface area contributed by atoms with Crippen LogP contribution in [0.2, 0.25) is 0 Å². The molecule has 1 aromatic heterocycles. The Hall–Kier alpha value is -3.16. The maximum atomic E-state index is 12.1. The third-order valence-corrected chi connectivity index (χ3v) is 4.88. The van der Waals surface area contributed by atoms with E-state index in [9.17, 15) is 19.2 Å². The van der Waals surface area contributed by atoms with E-state index in [4.69, 9.17) is 9.15 Å². The number of amides is 3. The van der Waals surface area contributed by atoms with Crippen molar-refractivity contribution in [1.29, 1.82) is 0 Å². The lowest BCUT2D eigenvalue weighted by Gasteiger charge is -2.29. The molecule has 3 amide bonds. The van der Waals surface area contributed by atoms with E-state index in [1.807, 2.05) is 0 Å². The van der Waals surface area contributed by atoms with Gasteiger partial charge in [-0.15, -0.1) is 0 Å². The fourth-order valence-electron chi connectivity index (χ4n) is 3.31. The van der Waals surface area contributed by atoms with Crippen LogP contribution in [0.15, 0.2) is 39.5 Å². The predicted molar refractivity (Wildman–Crippen MR) is 101 cm³/mol. The van der Waals surface area contributed by atoms with E-state index in [0.717, 1.165) is 25.7 Å². The number of benzene rings is 1. The first-order valence-electron chi connectivity index (χ1n) is 9.24. The predicted octanol–water partition coefficient (Wildman–Crippen LogP) is 2.35. The number of hydrogen-bond acceptors (Lipinski definition) is 6. The molecule has 1 saturated carbocycles. The molecule has 3 rings (SSSR count). The lowest BCUT2D eigenvalue weighted by Crippen LogP contribution is -2.48. The van der Waals surface area contributed by atoms with Gasteiger partial charge in [-0.1, -0.05) is 38.0 Å². The molecule has 148 valence electrons. The van der Waals surface area contributed by atoms with Crippen LogP contribution in [-0.4, -0.2) is 30.6 Å². The number of nitrogens with one attached hydrogen (secondary N) is 2. The molecule has 1 aliphatic carbocycles. The van der Waals surface area contributed by atoms with Gasteiger partial charge in [0.05, 0.1) is 0 Å². The van der Waals surface area contributed by atoms with Gasteiger partial charge in [0.15, 0.2) is 6.61 Å². The second kappa shape index (κ2) is 8.69. The first kappa shape index (κ1) is 19.6. The zero-order chi connectivity index (χ0) is 20.1. The summed E-state index contributed by atoms with van der Waals surface area (Å²) in [6, 6.07) is 7.46. The quantitative estimate of drug-likeness (QED) is 0.616. The minimum absolute atomic E-state index is 0.0198. The summed E-state index contributed by atoms with van der Waals surface area (Å²) in [6.07, 6.45) is 4.08. The summed E-state index contributed by atoms with van der Waals surface area (Å²) in [5, 5.41) is 5.46. The Balaban J connectivity index is 1.53. The number of carbonyl (C=O) groups is 3. The first-order valence-corrected chi connectivity index (χ1v) is 9.24. The van der Waals surface area contributed by atoms with E-state index in [-0.39, 0.29) is 11.6 Å². The second-order valence-electron chi connectivity index (χ2n) is 6.95. The van der Waals surface area contributed by atoms with Gasteiger partial charge in [0, 0.05) is 11.4 Å². The van der Waals surface area contributed by atoms with Crippen molar-refractivity contribution in [3.63, 3.8) is 0 Å². The Morgan fingerprint density at radius 3 is 2.71 bits per heavy atom. The number of hydrogen-bond donors (Lipinski definition) is 2. The van der Waals surface area contributed by atoms with Crippen LogP contribution >= 0.6 is 0 Å². The Morgan fingerprint density at radius 1 is 1.18 bits per heavy atom. The van der Waals surface area contributed by atoms with Crippen molar-refractivity contribution in [3.8, 4) is 0 Å². The van der Waals surface area contributed by atoms with E-state index in [2.05, 4.69) is 17.6 Å². The van der Waals surface area contributed by atoms with Crippen molar-refractivity contribution in [3.05, 3.63) is 46.3 Å². The molecule has 28 heavy (non-hydrogen) atoms. The normalized spacial score (nSPS) is 19.0. The summed E-state index contributed by atoms with van der Waals surface area (Å²) < 4.78 is 9.90. The number of para-hydroxylation sites is 1. The summed E-state index contributed by atoms with van der Waals surface area (Å²) in [5.74, 6) is -1.42. The summed E-state index contributed by atoms with van der Waals surface area (Å²) >= 11 is 0. The molecule has 0 bridgehead atoms. The molecule has 2 N–H and O–H groups in total. The summed E-state index contributed by atoms with van der Waals surface area (Å²) in [4.78, 5) is 47.8. The number of fused-ring (bicyclic) bond motifs is 1. The molecule has 2 atom stereocenters. The van der Waals surface area contributed by atoms with Crippen molar-refractivity contribution in [2.45, 2.75) is 38.6 Å². The third kappa shape index (κ3) is 4.76. The molecule has 2 aromatic rings. The summed E-state index contributed by atoms with van der Waals surface area (Å²) in [5.41, 5.74) is -0.824. The summed E-state index contributed by atoms with van der Waals surface area (Å²) in [6.45, 7) is 1.38. The molecule has 0 spiro atoms. The van der Waals surface area contributed by atoms with Gasteiger partial charge in [-0.3, -0.25) is 10.1 Å². The molecule has 0 unspecified atom stereocenters. The molecule has 1 aliphatic rings. The van der Waals surface area contributed by atoms with Crippen LogP contribution in [0, 0.1) is 5.92 Å². The van der Waals surface area contributed by atoms with Crippen LogP contribution in [0.1, 0.15) is 43.0 Å². The van der Waals surface area contributed by atoms with Crippen LogP contribution in [-0.2, 0) is 9.53 Å². The van der Waals surface area contributed by atoms with Gasteiger partial charge >= 0.3 is 17.6 Å². The molecule has 1 heterocycles. The highest BCUT2D eigenvalue weighted by atomic mass is 16.5. The molecule has 1 aromatic carbocycles. The molecule has 8 heteroatoms. The van der Waals surface area contributed by atoms with Gasteiger partial charge in [-0.2, -0.15) is 0 Å². The SMILES string of the molecule is C[C@@H]1CCCC[C@@H]1NC(=O)NC(=O)COC(=O)c1cc2ccccc2oc1=O.